The molecular weight excluding hydrogens is 293 g/mol. The van der Waals surface area contributed by atoms with Gasteiger partial charge in [0.25, 0.3) is 0 Å². The van der Waals surface area contributed by atoms with Gasteiger partial charge in [0, 0.05) is 6.92 Å². The van der Waals surface area contributed by atoms with Gasteiger partial charge < -0.3 is 30.8 Å². The summed E-state index contributed by atoms with van der Waals surface area (Å²) in [5.74, 6) is -3.64. The molecule has 6 atom stereocenters. The fraction of sp³-hybridized carbons (Fsp3) is 0.727. The second-order valence-electron chi connectivity index (χ2n) is 4.61. The van der Waals surface area contributed by atoms with Crippen LogP contribution in [0.4, 0.5) is 4.39 Å². The molecule has 0 radical (unpaired) electrons. The summed E-state index contributed by atoms with van der Waals surface area (Å²) in [6.07, 6.45) is -9.66. The summed E-state index contributed by atoms with van der Waals surface area (Å²) in [5, 5.41) is 48.7. The minimum Gasteiger partial charge on any atom is -0.471 e. The molecule has 0 aromatic rings. The Morgan fingerprint density at radius 3 is 2.43 bits per heavy atom. The van der Waals surface area contributed by atoms with Crippen molar-refractivity contribution >= 4 is 17.7 Å². The number of rotatable bonds is 5. The van der Waals surface area contributed by atoms with Crippen LogP contribution in [0, 0.1) is 0 Å². The van der Waals surface area contributed by atoms with Gasteiger partial charge in [0.05, 0.1) is 6.61 Å². The number of halogens is 1. The normalized spacial score (nSPS) is 32.0. The van der Waals surface area contributed by atoms with Gasteiger partial charge in [-0.25, -0.2) is 13.6 Å². The van der Waals surface area contributed by atoms with Gasteiger partial charge in [-0.05, 0) is 0 Å². The summed E-state index contributed by atoms with van der Waals surface area (Å²) in [4.78, 5) is 21.9. The smallest absolute Gasteiger partial charge is 0.440 e. The van der Waals surface area contributed by atoms with Gasteiger partial charge in [-0.15, -0.1) is 0 Å². The Kier molecular flexibility index (Phi) is 5.72. The highest BCUT2D eigenvalue weighted by Gasteiger charge is 2.57. The highest BCUT2D eigenvalue weighted by atomic mass is 19.1. The Balaban J connectivity index is 3.21. The number of hydrogen-bond donors (Lipinski definition) is 6. The van der Waals surface area contributed by atoms with Gasteiger partial charge in [-0.1, -0.05) is 0 Å². The molecule has 21 heavy (non-hydrogen) atoms. The molecule has 1 aliphatic rings. The number of aliphatic hydroxyl groups excluding tert-OH is 4. The number of nitrogens with one attached hydrogen (secondary N) is 1. The number of carbonyl (C=O) groups excluding carboxylic acids is 2. The van der Waals surface area contributed by atoms with Crippen LogP contribution in [0.2, 0.25) is 0 Å². The van der Waals surface area contributed by atoms with E-state index in [1.165, 1.54) is 0 Å². The van der Waals surface area contributed by atoms with Crippen LogP contribution in [-0.4, -0.2) is 86.4 Å². The second-order valence-corrected chi connectivity index (χ2v) is 4.61. The number of aliphatic carboxylic acids is 1. The van der Waals surface area contributed by atoms with Crippen molar-refractivity contribution in [1.82, 2.24) is 5.32 Å². The Hall–Kier alpha value is -1.62. The fourth-order valence-corrected chi connectivity index (χ4v) is 2.00. The molecule has 0 saturated carbocycles. The van der Waals surface area contributed by atoms with Crippen molar-refractivity contribution in [2.24, 2.45) is 0 Å². The first-order valence-electron chi connectivity index (χ1n) is 6.03. The molecule has 10 heteroatoms. The summed E-state index contributed by atoms with van der Waals surface area (Å²) >= 11 is 0. The average Bonchev–Trinajstić information content (AvgIpc) is 2.41. The number of hydrogen-bond acceptors (Lipinski definition) is 6. The molecule has 0 unspecified atom stereocenters. The molecule has 0 aromatic carbocycles. The molecular formula is C11H17FNO8+. The summed E-state index contributed by atoms with van der Waals surface area (Å²) in [6, 6.07) is -1.50. The Bertz CT molecular complexity index is 442. The van der Waals surface area contributed by atoms with Crippen molar-refractivity contribution in [2.45, 2.75) is 43.6 Å². The number of carboxylic acid groups (broad SMARTS) is 1. The second kappa shape index (κ2) is 6.89. The van der Waals surface area contributed by atoms with E-state index in [4.69, 9.17) is 14.6 Å². The first-order valence-corrected chi connectivity index (χ1v) is 6.03. The molecule has 0 fully saturated rings. The molecule has 0 aliphatic carbocycles. The third-order valence-corrected chi connectivity index (χ3v) is 3.03. The van der Waals surface area contributed by atoms with E-state index < -0.39 is 60.9 Å². The largest absolute Gasteiger partial charge is 0.471 e. The topological polar surface area (TPSA) is 159 Å². The number of aliphatic hydroxyl groups is 4. The minimum absolute atomic E-state index is 0.690. The summed E-state index contributed by atoms with van der Waals surface area (Å²) in [6.45, 7) is 0.174. The third kappa shape index (κ3) is 3.73. The van der Waals surface area contributed by atoms with Crippen LogP contribution in [0.1, 0.15) is 6.92 Å². The van der Waals surface area contributed by atoms with Gasteiger partial charge in [0.15, 0.2) is 12.1 Å². The van der Waals surface area contributed by atoms with Gasteiger partial charge >= 0.3 is 17.9 Å². The first-order chi connectivity index (χ1) is 9.70. The molecule has 1 rings (SSSR count). The van der Waals surface area contributed by atoms with Crippen LogP contribution in [0.5, 0.6) is 0 Å². The third-order valence-electron chi connectivity index (χ3n) is 3.03. The number of carboxylic acids is 1. The highest BCUT2D eigenvalue weighted by Crippen LogP contribution is 2.20. The monoisotopic (exact) mass is 310 g/mol. The summed E-state index contributed by atoms with van der Waals surface area (Å²) < 4.78 is 18.5. The van der Waals surface area contributed by atoms with E-state index in [2.05, 4.69) is 5.32 Å². The van der Waals surface area contributed by atoms with Crippen molar-refractivity contribution in [1.29, 1.82) is 0 Å². The number of amides is 1. The molecule has 0 saturated heterocycles. The average molecular weight is 310 g/mol. The van der Waals surface area contributed by atoms with Crippen LogP contribution in [-0.2, 0) is 14.0 Å². The minimum atomic E-state index is -2.42. The van der Waals surface area contributed by atoms with E-state index in [9.17, 15) is 29.3 Å². The van der Waals surface area contributed by atoms with E-state index in [1.54, 1.807) is 0 Å². The maximum absolute atomic E-state index is 13.8. The van der Waals surface area contributed by atoms with E-state index in [0.717, 1.165) is 6.92 Å². The predicted molar refractivity (Wildman–Crippen MR) is 64.0 cm³/mol. The van der Waals surface area contributed by atoms with Crippen LogP contribution in [0.15, 0.2) is 0 Å². The molecule has 0 aromatic heterocycles. The molecule has 120 valence electrons. The van der Waals surface area contributed by atoms with Crippen LogP contribution in [0.3, 0.4) is 0 Å². The van der Waals surface area contributed by atoms with Crippen molar-refractivity contribution in [2.75, 3.05) is 6.61 Å². The number of carbonyl (C=O) groups is 2. The highest BCUT2D eigenvalue weighted by molar-refractivity contribution is 6.35. The van der Waals surface area contributed by atoms with E-state index in [0.29, 0.717) is 0 Å². The summed E-state index contributed by atoms with van der Waals surface area (Å²) in [5.41, 5.74) is 0. The lowest BCUT2D eigenvalue weighted by atomic mass is 9.90. The number of ketones is 1. The van der Waals surface area contributed by atoms with Gasteiger partial charge in [0.2, 0.25) is 12.1 Å². The summed E-state index contributed by atoms with van der Waals surface area (Å²) in [7, 11) is 0. The molecule has 1 amide bonds. The SMILES string of the molecule is CC(=O)N[C@@H]1[C@@H](O)[C@@H](F)C(C(=O)O)=[O+][C@H]1[C@H](O)[C@H](O)CO. The van der Waals surface area contributed by atoms with E-state index >= 15 is 0 Å². The molecule has 9 nitrogen and oxygen atoms in total. The maximum Gasteiger partial charge on any atom is 0.440 e. The maximum atomic E-state index is 13.8. The molecule has 1 heterocycles. The van der Waals surface area contributed by atoms with Gasteiger partial charge in [-0.3, -0.25) is 4.79 Å². The zero-order valence-electron chi connectivity index (χ0n) is 11.0. The fourth-order valence-electron chi connectivity index (χ4n) is 2.00. The molecule has 6 N–H and O–H groups in total. The zero-order valence-corrected chi connectivity index (χ0v) is 11.0. The van der Waals surface area contributed by atoms with Crippen LogP contribution in [0.25, 0.3) is 0 Å². The van der Waals surface area contributed by atoms with Crippen LogP contribution < -0.4 is 5.32 Å². The van der Waals surface area contributed by atoms with Crippen LogP contribution >= 0.6 is 0 Å². The van der Waals surface area contributed by atoms with Crippen molar-refractivity contribution in [3.8, 4) is 0 Å². The molecule has 0 bridgehead atoms. The Morgan fingerprint density at radius 2 is 2.00 bits per heavy atom. The van der Waals surface area contributed by atoms with Crippen molar-refractivity contribution in [3.63, 3.8) is 0 Å². The van der Waals surface area contributed by atoms with Gasteiger partial charge in [-0.2, -0.15) is 0 Å². The zero-order chi connectivity index (χ0) is 16.3. The molecule has 0 spiro atoms. The number of alkyl halides is 1. The van der Waals surface area contributed by atoms with E-state index in [1.807, 2.05) is 0 Å². The Morgan fingerprint density at radius 1 is 1.43 bits per heavy atom. The predicted octanol–water partition coefficient (Wildman–Crippen LogP) is -3.52. The lowest BCUT2D eigenvalue weighted by Gasteiger charge is -2.30. The van der Waals surface area contributed by atoms with Gasteiger partial charge in [0.1, 0.15) is 12.2 Å². The Labute approximate surface area is 118 Å². The van der Waals surface area contributed by atoms with Crippen molar-refractivity contribution < 1.29 is 43.9 Å². The standard InChI is InChI=1S/C11H16FNO8/c1-3(15)13-6-8(18)5(12)9(11(19)20)21-10(6)7(17)4(16)2-14/h4-8,10,14,16-18H,2H2,1H3,(H-,13,15,19,20)/p+1/t4-,5-,6-,7-,8+,10-/m1/s1. The lowest BCUT2D eigenvalue weighted by Crippen LogP contribution is -2.64. The van der Waals surface area contributed by atoms with Crippen molar-refractivity contribution in [3.05, 3.63) is 0 Å². The first kappa shape index (κ1) is 17.4. The quantitative estimate of drug-likeness (QED) is 0.227. The molecule has 1 aliphatic heterocycles. The van der Waals surface area contributed by atoms with E-state index in [-0.39, 0.29) is 0 Å². The lowest BCUT2D eigenvalue weighted by molar-refractivity contribution is -0.535.